The summed E-state index contributed by atoms with van der Waals surface area (Å²) in [6.07, 6.45) is 7.36. The highest BCUT2D eigenvalue weighted by atomic mass is 32.2. The molecule has 1 aliphatic rings. The fraction of sp³-hybridized carbons (Fsp3) is 0.636. The van der Waals surface area contributed by atoms with Crippen LogP contribution in [0, 0.1) is 0 Å². The van der Waals surface area contributed by atoms with Crippen LogP contribution in [0.4, 0.5) is 0 Å². The van der Waals surface area contributed by atoms with Gasteiger partial charge in [-0.15, -0.1) is 0 Å². The molecule has 18 heavy (non-hydrogen) atoms. The normalized spacial score (nSPS) is 15.8. The highest BCUT2D eigenvalue weighted by Crippen LogP contribution is 2.19. The summed E-state index contributed by atoms with van der Waals surface area (Å²) < 4.78 is 21.9. The van der Waals surface area contributed by atoms with E-state index in [9.17, 15) is 8.42 Å². The molecule has 1 N–H and O–H groups in total. The van der Waals surface area contributed by atoms with E-state index in [1.54, 1.807) is 12.4 Å². The van der Waals surface area contributed by atoms with Gasteiger partial charge in [-0.1, -0.05) is 11.8 Å². The molecule has 0 spiro atoms. The van der Waals surface area contributed by atoms with Crippen LogP contribution in [0.3, 0.4) is 0 Å². The minimum Gasteiger partial charge on any atom is -0.310 e. The molecule has 1 fully saturated rings. The molecule has 0 amide bonds. The Morgan fingerprint density at radius 3 is 2.61 bits per heavy atom. The van der Waals surface area contributed by atoms with E-state index in [0.717, 1.165) is 12.1 Å². The highest BCUT2D eigenvalue weighted by molar-refractivity contribution is 8.00. The van der Waals surface area contributed by atoms with Crippen molar-refractivity contribution in [3.05, 3.63) is 18.0 Å². The van der Waals surface area contributed by atoms with Crippen molar-refractivity contribution in [2.24, 2.45) is 0 Å². The zero-order valence-electron chi connectivity index (χ0n) is 10.3. The molecule has 1 heterocycles. The van der Waals surface area contributed by atoms with Crippen LogP contribution >= 0.6 is 11.8 Å². The summed E-state index contributed by atoms with van der Waals surface area (Å²) >= 11 is 1.37. The summed E-state index contributed by atoms with van der Waals surface area (Å²) in [5, 5.41) is 4.02. The number of nitrogens with zero attached hydrogens (tertiary/aromatic N) is 2. The third-order valence-electron chi connectivity index (χ3n) is 2.54. The summed E-state index contributed by atoms with van der Waals surface area (Å²) in [6, 6.07) is 0.675. The van der Waals surface area contributed by atoms with Crippen LogP contribution < -0.4 is 5.32 Å². The molecule has 1 saturated carbocycles. The van der Waals surface area contributed by atoms with Crippen LogP contribution in [0.15, 0.2) is 17.6 Å². The van der Waals surface area contributed by atoms with Crippen molar-refractivity contribution in [1.82, 2.24) is 15.3 Å². The minimum absolute atomic E-state index is 0.159. The van der Waals surface area contributed by atoms with Crippen LogP contribution in [-0.2, 0) is 16.4 Å². The second kappa shape index (κ2) is 5.99. The van der Waals surface area contributed by atoms with Gasteiger partial charge in [-0.3, -0.25) is 0 Å². The number of rotatable bonds is 7. The topological polar surface area (TPSA) is 72.0 Å². The minimum atomic E-state index is -2.90. The van der Waals surface area contributed by atoms with Gasteiger partial charge in [0.1, 0.15) is 9.84 Å². The van der Waals surface area contributed by atoms with E-state index in [-0.39, 0.29) is 5.75 Å². The zero-order chi connectivity index (χ0) is 13.0. The molecule has 0 bridgehead atoms. The Morgan fingerprint density at radius 2 is 2.06 bits per heavy atom. The number of nitrogens with one attached hydrogen (secondary N) is 1. The lowest BCUT2D eigenvalue weighted by Gasteiger charge is -2.03. The first kappa shape index (κ1) is 13.8. The largest absolute Gasteiger partial charge is 0.310 e. The summed E-state index contributed by atoms with van der Waals surface area (Å²) in [4.78, 5) is 8.43. The Hall–Kier alpha value is -0.660. The van der Waals surface area contributed by atoms with Gasteiger partial charge in [0.05, 0.1) is 5.75 Å². The zero-order valence-corrected chi connectivity index (χ0v) is 11.9. The lowest BCUT2D eigenvalue weighted by molar-refractivity contribution is 0.603. The molecule has 2 rings (SSSR count). The van der Waals surface area contributed by atoms with Crippen LogP contribution in [0.2, 0.25) is 0 Å². The number of hydrogen-bond donors (Lipinski definition) is 1. The Labute approximate surface area is 112 Å². The molecule has 0 aliphatic heterocycles. The van der Waals surface area contributed by atoms with Crippen LogP contribution in [0.25, 0.3) is 0 Å². The second-order valence-electron chi connectivity index (χ2n) is 4.51. The molecule has 100 valence electrons. The van der Waals surface area contributed by atoms with Crippen LogP contribution in [0.1, 0.15) is 18.4 Å². The second-order valence-corrected chi connectivity index (χ2v) is 7.83. The summed E-state index contributed by atoms with van der Waals surface area (Å²) in [6.45, 7) is 0.805. The molecular weight excluding hydrogens is 270 g/mol. The van der Waals surface area contributed by atoms with Crippen molar-refractivity contribution in [3.8, 4) is 0 Å². The van der Waals surface area contributed by atoms with Crippen molar-refractivity contribution in [2.75, 3.05) is 17.8 Å². The van der Waals surface area contributed by atoms with Gasteiger partial charge < -0.3 is 5.32 Å². The SMILES string of the molecule is CS(=O)(=O)CCSc1ncc(CNC2CC2)cn1. The number of sulfone groups is 1. The fourth-order valence-corrected chi connectivity index (χ4v) is 3.32. The predicted molar refractivity (Wildman–Crippen MR) is 72.3 cm³/mol. The van der Waals surface area contributed by atoms with Crippen molar-refractivity contribution < 1.29 is 8.42 Å². The maximum atomic E-state index is 11.0. The Balaban J connectivity index is 1.75. The van der Waals surface area contributed by atoms with Gasteiger partial charge in [0.2, 0.25) is 0 Å². The van der Waals surface area contributed by atoms with E-state index in [2.05, 4.69) is 15.3 Å². The number of thioether (sulfide) groups is 1. The summed E-state index contributed by atoms with van der Waals surface area (Å²) in [5.74, 6) is 0.657. The van der Waals surface area contributed by atoms with E-state index in [1.807, 2.05) is 0 Å². The van der Waals surface area contributed by atoms with E-state index >= 15 is 0 Å². The molecule has 0 saturated heterocycles. The fourth-order valence-electron chi connectivity index (χ4n) is 1.34. The average molecular weight is 287 g/mol. The monoisotopic (exact) mass is 287 g/mol. The van der Waals surface area contributed by atoms with Crippen molar-refractivity contribution >= 4 is 21.6 Å². The first-order chi connectivity index (χ1) is 8.53. The third kappa shape index (κ3) is 5.32. The molecule has 0 radical (unpaired) electrons. The van der Waals surface area contributed by atoms with E-state index in [1.165, 1.54) is 30.9 Å². The molecular formula is C11H17N3O2S2. The van der Waals surface area contributed by atoms with E-state index < -0.39 is 9.84 Å². The first-order valence-electron chi connectivity index (χ1n) is 5.88. The lowest BCUT2D eigenvalue weighted by atomic mass is 10.3. The number of hydrogen-bond acceptors (Lipinski definition) is 6. The van der Waals surface area contributed by atoms with Crippen LogP contribution in [-0.4, -0.2) is 42.2 Å². The van der Waals surface area contributed by atoms with E-state index in [4.69, 9.17) is 0 Å². The maximum absolute atomic E-state index is 11.0. The van der Waals surface area contributed by atoms with E-state index in [0.29, 0.717) is 17.0 Å². The first-order valence-corrected chi connectivity index (χ1v) is 8.92. The maximum Gasteiger partial charge on any atom is 0.187 e. The predicted octanol–water partition coefficient (Wildman–Crippen LogP) is 0.865. The lowest BCUT2D eigenvalue weighted by Crippen LogP contribution is -2.15. The summed E-state index contributed by atoms with van der Waals surface area (Å²) in [7, 11) is -2.90. The van der Waals surface area contributed by atoms with Crippen molar-refractivity contribution in [1.29, 1.82) is 0 Å². The van der Waals surface area contributed by atoms with Crippen molar-refractivity contribution in [2.45, 2.75) is 30.6 Å². The van der Waals surface area contributed by atoms with Gasteiger partial charge >= 0.3 is 0 Å². The molecule has 5 nitrogen and oxygen atoms in total. The molecule has 0 aromatic carbocycles. The highest BCUT2D eigenvalue weighted by Gasteiger charge is 2.19. The van der Waals surface area contributed by atoms with Crippen LogP contribution in [0.5, 0.6) is 0 Å². The quantitative estimate of drug-likeness (QED) is 0.592. The smallest absolute Gasteiger partial charge is 0.187 e. The number of aromatic nitrogens is 2. The average Bonchev–Trinajstić information content (AvgIpc) is 3.10. The Bertz CT molecular complexity index is 484. The third-order valence-corrected chi connectivity index (χ3v) is 4.62. The summed E-state index contributed by atoms with van der Waals surface area (Å²) in [5.41, 5.74) is 1.06. The molecule has 0 atom stereocenters. The molecule has 0 unspecified atom stereocenters. The Morgan fingerprint density at radius 1 is 1.39 bits per heavy atom. The van der Waals surface area contributed by atoms with Gasteiger partial charge in [0.25, 0.3) is 0 Å². The van der Waals surface area contributed by atoms with Gasteiger partial charge in [0, 0.05) is 42.6 Å². The molecule has 1 aromatic heterocycles. The van der Waals surface area contributed by atoms with Gasteiger partial charge in [-0.25, -0.2) is 18.4 Å². The van der Waals surface area contributed by atoms with Gasteiger partial charge in [-0.05, 0) is 12.8 Å². The van der Waals surface area contributed by atoms with Crippen molar-refractivity contribution in [3.63, 3.8) is 0 Å². The van der Waals surface area contributed by atoms with Gasteiger partial charge in [0.15, 0.2) is 5.16 Å². The van der Waals surface area contributed by atoms with Gasteiger partial charge in [-0.2, -0.15) is 0 Å². The molecule has 1 aliphatic carbocycles. The molecule has 7 heteroatoms. The Kier molecular flexibility index (Phi) is 4.58. The molecule has 1 aromatic rings. The standard InChI is InChI=1S/C11H17N3O2S2/c1-18(15,16)5-4-17-11-13-7-9(8-14-11)6-12-10-2-3-10/h7-8,10,12H,2-6H2,1H3.